The summed E-state index contributed by atoms with van der Waals surface area (Å²) < 4.78 is 1.81. The van der Waals surface area contributed by atoms with Gasteiger partial charge in [0.15, 0.2) is 0 Å². The van der Waals surface area contributed by atoms with E-state index in [1.807, 2.05) is 57.7 Å². The lowest BCUT2D eigenvalue weighted by Gasteiger charge is -2.41. The number of carbonyl (C=O) groups excluding carboxylic acids is 2. The van der Waals surface area contributed by atoms with Crippen LogP contribution in [0.5, 0.6) is 0 Å². The fraction of sp³-hybridized carbons (Fsp3) is 0.514. The number of likely N-dealkylation sites (tertiary alicyclic amines) is 3. The highest BCUT2D eigenvalue weighted by Gasteiger charge is 2.34. The topological polar surface area (TPSA) is 121 Å². The van der Waals surface area contributed by atoms with Crippen molar-refractivity contribution in [3.63, 3.8) is 0 Å². The van der Waals surface area contributed by atoms with Crippen LogP contribution in [0, 0.1) is 12.8 Å². The van der Waals surface area contributed by atoms with Gasteiger partial charge in [-0.2, -0.15) is 0 Å². The van der Waals surface area contributed by atoms with E-state index in [2.05, 4.69) is 14.9 Å². The second-order valence-corrected chi connectivity index (χ2v) is 14.4. The number of imidazole rings is 1. The molecule has 0 radical (unpaired) electrons. The van der Waals surface area contributed by atoms with Crippen LogP contribution >= 0.6 is 11.6 Å². The maximum atomic E-state index is 14.1. The number of anilines is 1. The molecule has 3 fully saturated rings. The zero-order valence-corrected chi connectivity index (χ0v) is 28.6. The molecule has 7 rings (SSSR count). The van der Waals surface area contributed by atoms with Crippen molar-refractivity contribution in [1.29, 1.82) is 0 Å². The Labute approximate surface area is 286 Å². The van der Waals surface area contributed by atoms with E-state index in [-0.39, 0.29) is 30.0 Å². The number of piperidine rings is 3. The molecule has 2 aromatic carbocycles. The molecule has 0 aliphatic carbocycles. The zero-order valence-electron chi connectivity index (χ0n) is 27.8. The smallest absolute Gasteiger partial charge is 0.326 e. The number of nitrogens with one attached hydrogen (secondary N) is 1. The number of fused-ring (bicyclic) bond motifs is 3. The highest BCUT2D eigenvalue weighted by Crippen LogP contribution is 2.31. The minimum atomic E-state index is -0.489. The Morgan fingerprint density at radius 2 is 1.65 bits per heavy atom. The molecule has 10 nitrogen and oxygen atoms in total. The fourth-order valence-electron chi connectivity index (χ4n) is 8.27. The van der Waals surface area contributed by atoms with E-state index in [1.54, 1.807) is 6.20 Å². The number of H-pyrrole nitrogens is 1. The van der Waals surface area contributed by atoms with Gasteiger partial charge in [-0.05, 0) is 88.2 Å². The molecular weight excluding hydrogens is 626 g/mol. The summed E-state index contributed by atoms with van der Waals surface area (Å²) in [6, 6.07) is 12.1. The van der Waals surface area contributed by atoms with E-state index in [1.165, 1.54) is 19.3 Å². The number of benzene rings is 2. The van der Waals surface area contributed by atoms with Crippen LogP contribution in [0.2, 0.25) is 5.02 Å². The number of hydrogen-bond acceptors (Lipinski definition) is 6. The normalized spacial score (nSPS) is 19.3. The first kappa shape index (κ1) is 32.6. The molecule has 1 atom stereocenters. The summed E-state index contributed by atoms with van der Waals surface area (Å²) in [5, 5.41) is 1.39. The van der Waals surface area contributed by atoms with Gasteiger partial charge in [0.1, 0.15) is 0 Å². The third kappa shape index (κ3) is 6.57. The summed E-state index contributed by atoms with van der Waals surface area (Å²) in [6.45, 7) is 6.73. The van der Waals surface area contributed by atoms with Crippen molar-refractivity contribution in [2.75, 3.05) is 45.0 Å². The first-order valence-electron chi connectivity index (χ1n) is 17.6. The van der Waals surface area contributed by atoms with Gasteiger partial charge < -0.3 is 25.4 Å². The van der Waals surface area contributed by atoms with Crippen LogP contribution in [0.25, 0.3) is 21.9 Å². The van der Waals surface area contributed by atoms with Gasteiger partial charge in [-0.25, -0.2) is 4.79 Å². The number of nitrogen functional groups attached to an aromatic ring is 1. The number of amides is 2. The number of para-hydroxylation sites is 1. The summed E-state index contributed by atoms with van der Waals surface area (Å²) in [6.07, 6.45) is 9.43. The van der Waals surface area contributed by atoms with Gasteiger partial charge in [0.25, 0.3) is 0 Å². The SMILES string of the molecule is Cc1cc(C[C@@H](CC(=O)N2CCC(n3c(=O)[nH]c4c5ccccc5ncc43)CC2)C(=O)N2CCC(N3CCCCC3)CC2)cc(Cl)c1N. The van der Waals surface area contributed by atoms with Gasteiger partial charge in [0.05, 0.1) is 39.4 Å². The van der Waals surface area contributed by atoms with Gasteiger partial charge >= 0.3 is 5.69 Å². The Morgan fingerprint density at radius 3 is 2.38 bits per heavy atom. The molecule has 0 unspecified atom stereocenters. The number of nitrogens with two attached hydrogens (primary N) is 1. The predicted octanol–water partition coefficient (Wildman–Crippen LogP) is 5.31. The van der Waals surface area contributed by atoms with Crippen molar-refractivity contribution in [3.8, 4) is 0 Å². The maximum absolute atomic E-state index is 14.1. The number of pyridine rings is 1. The van der Waals surface area contributed by atoms with Gasteiger partial charge in [0.2, 0.25) is 11.8 Å². The molecule has 4 aromatic rings. The average molecular weight is 672 g/mol. The number of carbonyl (C=O) groups is 2. The van der Waals surface area contributed by atoms with Crippen molar-refractivity contribution < 1.29 is 9.59 Å². The summed E-state index contributed by atoms with van der Waals surface area (Å²) in [5.41, 5.74) is 10.7. The first-order chi connectivity index (χ1) is 23.3. The van der Waals surface area contributed by atoms with Crippen molar-refractivity contribution in [1.82, 2.24) is 29.2 Å². The molecule has 5 heterocycles. The highest BCUT2D eigenvalue weighted by molar-refractivity contribution is 6.33. The maximum Gasteiger partial charge on any atom is 0.326 e. The minimum absolute atomic E-state index is 0.0211. The van der Waals surface area contributed by atoms with E-state index < -0.39 is 5.92 Å². The van der Waals surface area contributed by atoms with Crippen LogP contribution in [-0.2, 0) is 16.0 Å². The van der Waals surface area contributed by atoms with E-state index >= 15 is 0 Å². The predicted molar refractivity (Wildman–Crippen MR) is 190 cm³/mol. The van der Waals surface area contributed by atoms with E-state index in [9.17, 15) is 14.4 Å². The molecule has 0 bridgehead atoms. The van der Waals surface area contributed by atoms with Crippen LogP contribution in [0.1, 0.15) is 68.5 Å². The monoisotopic (exact) mass is 671 g/mol. The van der Waals surface area contributed by atoms with Crippen molar-refractivity contribution in [2.24, 2.45) is 5.92 Å². The lowest BCUT2D eigenvalue weighted by Crippen LogP contribution is -2.50. The molecule has 0 spiro atoms. The average Bonchev–Trinajstić information content (AvgIpc) is 3.46. The van der Waals surface area contributed by atoms with E-state index in [0.29, 0.717) is 49.1 Å². The molecule has 3 aliphatic heterocycles. The molecule has 3 aliphatic rings. The Balaban J connectivity index is 1.04. The summed E-state index contributed by atoms with van der Waals surface area (Å²) in [4.78, 5) is 55.3. The fourth-order valence-corrected chi connectivity index (χ4v) is 8.56. The Morgan fingerprint density at radius 1 is 0.958 bits per heavy atom. The van der Waals surface area contributed by atoms with Gasteiger partial charge in [-0.15, -0.1) is 0 Å². The first-order valence-corrected chi connectivity index (χ1v) is 18.0. The Kier molecular flexibility index (Phi) is 9.47. The highest BCUT2D eigenvalue weighted by atomic mass is 35.5. The molecule has 0 saturated carbocycles. The number of hydrogen-bond donors (Lipinski definition) is 2. The quantitative estimate of drug-likeness (QED) is 0.257. The van der Waals surface area contributed by atoms with Crippen molar-refractivity contribution in [3.05, 3.63) is 69.2 Å². The van der Waals surface area contributed by atoms with Crippen LogP contribution in [-0.4, -0.2) is 86.4 Å². The van der Waals surface area contributed by atoms with Crippen molar-refractivity contribution >= 4 is 51.0 Å². The summed E-state index contributed by atoms with van der Waals surface area (Å²) in [5.74, 6) is -0.463. The number of halogens is 1. The van der Waals surface area contributed by atoms with Crippen molar-refractivity contribution in [2.45, 2.75) is 76.8 Å². The Hall–Kier alpha value is -3.89. The van der Waals surface area contributed by atoms with E-state index in [4.69, 9.17) is 17.3 Å². The second kappa shape index (κ2) is 13.9. The van der Waals surface area contributed by atoms with Crippen LogP contribution in [0.4, 0.5) is 5.69 Å². The second-order valence-electron chi connectivity index (χ2n) is 14.0. The molecular formula is C37H46ClN7O3. The van der Waals surface area contributed by atoms with Gasteiger partial charge in [-0.3, -0.25) is 19.1 Å². The number of aromatic amines is 1. The third-order valence-corrected chi connectivity index (χ3v) is 11.3. The largest absolute Gasteiger partial charge is 0.397 e. The molecule has 3 N–H and O–H groups in total. The molecule has 11 heteroatoms. The number of aryl methyl sites for hydroxylation is 1. The number of rotatable bonds is 7. The lowest BCUT2D eigenvalue weighted by atomic mass is 9.91. The molecule has 48 heavy (non-hydrogen) atoms. The van der Waals surface area contributed by atoms with Gasteiger partial charge in [-0.1, -0.05) is 42.3 Å². The summed E-state index contributed by atoms with van der Waals surface area (Å²) >= 11 is 6.45. The van der Waals surface area contributed by atoms with Crippen LogP contribution in [0.15, 0.2) is 47.4 Å². The Bertz CT molecular complexity index is 1840. The van der Waals surface area contributed by atoms with E-state index in [0.717, 1.165) is 72.1 Å². The molecule has 2 amide bonds. The van der Waals surface area contributed by atoms with Crippen LogP contribution < -0.4 is 11.4 Å². The molecule has 2 aromatic heterocycles. The lowest BCUT2D eigenvalue weighted by molar-refractivity contribution is -0.143. The molecule has 3 saturated heterocycles. The number of aromatic nitrogens is 3. The zero-order chi connectivity index (χ0) is 33.4. The molecule has 254 valence electrons. The minimum Gasteiger partial charge on any atom is -0.397 e. The van der Waals surface area contributed by atoms with Crippen LogP contribution in [0.3, 0.4) is 0 Å². The standard InChI is InChI=1S/C37H46ClN7O3/c1-24-19-25(21-30(38)34(24)39)20-26(36(47)44-17-9-27(10-18-44)42-13-5-2-6-14-42)22-33(46)43-15-11-28(12-16-43)45-32-23-40-31-8-4-3-7-29(31)35(32)41-37(45)48/h3-4,7-8,19,21,23,26-28H,2,5-6,9-18,20,22,39H2,1H3,(H,41,48)/t26-/m0/s1. The number of nitrogens with zero attached hydrogens (tertiary/aromatic N) is 5. The van der Waals surface area contributed by atoms with Gasteiger partial charge in [0, 0.05) is 50.1 Å². The summed E-state index contributed by atoms with van der Waals surface area (Å²) in [7, 11) is 0. The third-order valence-electron chi connectivity index (χ3n) is 11.0.